The molecule has 13 heteroatoms. The highest BCUT2D eigenvalue weighted by Crippen LogP contribution is 2.53. The Hall–Kier alpha value is -3.91. The molecule has 0 spiro atoms. The average Bonchev–Trinajstić information content (AvgIpc) is 3.92. The van der Waals surface area contributed by atoms with Gasteiger partial charge in [-0.15, -0.1) is 11.3 Å². The van der Waals surface area contributed by atoms with Gasteiger partial charge in [0.25, 0.3) is 5.56 Å². The fraction of sp³-hybridized carbons (Fsp3) is 0.412. The second-order valence-electron chi connectivity index (χ2n) is 12.9. The number of thiophene rings is 1. The molecule has 0 unspecified atom stereocenters. The molecule has 47 heavy (non-hydrogen) atoms. The molecule has 0 radical (unpaired) electrons. The lowest BCUT2D eigenvalue weighted by atomic mass is 9.91. The summed E-state index contributed by atoms with van der Waals surface area (Å²) in [5.74, 6) is 1.54. The van der Waals surface area contributed by atoms with Crippen molar-refractivity contribution in [1.82, 2.24) is 24.4 Å². The SMILES string of the molecule is O=c1cc(-c2c(CCC3CCOCC3)nc3c(c2-c2cc4ccnc(N[C@H]5CCc6ncccc65)c4s2)S(=O)(=O)N2CCC[C@H]32)o[nH]1. The Balaban J connectivity index is 1.23. The minimum Gasteiger partial charge on any atom is -0.381 e. The van der Waals surface area contributed by atoms with E-state index in [2.05, 4.69) is 21.5 Å². The first-order valence-electron chi connectivity index (χ1n) is 16.4. The van der Waals surface area contributed by atoms with Gasteiger partial charge in [0.2, 0.25) is 10.0 Å². The summed E-state index contributed by atoms with van der Waals surface area (Å²) in [6.45, 7) is 1.96. The van der Waals surface area contributed by atoms with Crippen molar-refractivity contribution in [1.29, 1.82) is 0 Å². The van der Waals surface area contributed by atoms with Crippen LogP contribution in [0.1, 0.15) is 73.3 Å². The van der Waals surface area contributed by atoms with Crippen molar-refractivity contribution in [3.05, 3.63) is 75.7 Å². The lowest BCUT2D eigenvalue weighted by Gasteiger charge is -2.23. The number of hydrogen-bond acceptors (Lipinski definition) is 10. The van der Waals surface area contributed by atoms with Crippen molar-refractivity contribution >= 4 is 37.3 Å². The molecule has 0 bridgehead atoms. The highest BCUT2D eigenvalue weighted by atomic mass is 32.2. The van der Waals surface area contributed by atoms with Gasteiger partial charge in [-0.05, 0) is 86.4 Å². The van der Waals surface area contributed by atoms with Crippen molar-refractivity contribution in [3.63, 3.8) is 0 Å². The van der Waals surface area contributed by atoms with Crippen molar-refractivity contribution in [2.45, 2.75) is 68.3 Å². The van der Waals surface area contributed by atoms with Crippen molar-refractivity contribution in [3.8, 4) is 21.8 Å². The Kier molecular flexibility index (Phi) is 7.07. The van der Waals surface area contributed by atoms with Gasteiger partial charge in [0, 0.05) is 48.3 Å². The number of aryl methyl sites for hydroxylation is 2. The molecule has 2 N–H and O–H groups in total. The quantitative estimate of drug-likeness (QED) is 0.213. The fourth-order valence-corrected chi connectivity index (χ4v) is 11.2. The summed E-state index contributed by atoms with van der Waals surface area (Å²) in [6.07, 6.45) is 10.5. The number of pyridine rings is 3. The van der Waals surface area contributed by atoms with Crippen LogP contribution in [0, 0.1) is 5.92 Å². The molecule has 11 nitrogen and oxygen atoms in total. The summed E-state index contributed by atoms with van der Waals surface area (Å²) in [7, 11) is -3.84. The van der Waals surface area contributed by atoms with E-state index in [1.54, 1.807) is 10.5 Å². The Bertz CT molecular complexity index is 2180. The molecule has 2 atom stereocenters. The molecule has 242 valence electrons. The number of rotatable bonds is 7. The van der Waals surface area contributed by atoms with Crippen molar-refractivity contribution < 1.29 is 17.7 Å². The molecule has 0 amide bonds. The lowest BCUT2D eigenvalue weighted by Crippen LogP contribution is -2.23. The standard InChI is InChI=1S/C34H34N6O5S2/c41-28-18-26(45-39-28)29-24(6-5-19-10-15-44-16-11-19)37-31-25-4-2-14-40(25)47(42,43)33(31)30(29)27-17-20-9-13-36-34(32(20)46-27)38-23-8-7-22-21(23)3-1-12-35-22/h1,3,9,12-13,17-19,23,25H,2,4-8,10-11,14-16H2,(H,36,38)(H,39,41)/t23-,25+/m0/s1. The maximum Gasteiger partial charge on any atom is 0.280 e. The van der Waals surface area contributed by atoms with Crippen LogP contribution in [0.5, 0.6) is 0 Å². The number of fused-ring (bicyclic) bond motifs is 5. The molecule has 5 aromatic rings. The van der Waals surface area contributed by atoms with Gasteiger partial charge in [0.15, 0.2) is 5.76 Å². The molecule has 2 fully saturated rings. The molecule has 1 aliphatic carbocycles. The topological polar surface area (TPSA) is 143 Å². The second kappa shape index (κ2) is 11.4. The normalized spacial score (nSPS) is 22.0. The van der Waals surface area contributed by atoms with E-state index in [4.69, 9.17) is 19.2 Å². The molecule has 0 saturated carbocycles. The Morgan fingerprint density at radius 1 is 1.06 bits per heavy atom. The summed E-state index contributed by atoms with van der Waals surface area (Å²) < 4.78 is 42.6. The van der Waals surface area contributed by atoms with Crippen molar-refractivity contribution in [2.75, 3.05) is 25.1 Å². The van der Waals surface area contributed by atoms with E-state index in [-0.39, 0.29) is 22.5 Å². The molecular weight excluding hydrogens is 637 g/mol. The first kappa shape index (κ1) is 29.2. The van der Waals surface area contributed by atoms with Gasteiger partial charge in [0.1, 0.15) is 10.7 Å². The summed E-state index contributed by atoms with van der Waals surface area (Å²) >= 11 is 1.51. The summed E-state index contributed by atoms with van der Waals surface area (Å²) in [6, 6.07) is 9.29. The zero-order valence-corrected chi connectivity index (χ0v) is 27.3. The highest BCUT2D eigenvalue weighted by molar-refractivity contribution is 7.89. The van der Waals surface area contributed by atoms with E-state index in [0.29, 0.717) is 41.5 Å². The van der Waals surface area contributed by atoms with Gasteiger partial charge >= 0.3 is 0 Å². The molecule has 0 aromatic carbocycles. The molecular formula is C34H34N6O5S2. The van der Waals surface area contributed by atoms with Crippen LogP contribution in [0.4, 0.5) is 5.82 Å². The van der Waals surface area contributed by atoms with Gasteiger partial charge in [-0.2, -0.15) is 9.46 Å². The monoisotopic (exact) mass is 670 g/mol. The van der Waals surface area contributed by atoms with E-state index in [1.165, 1.54) is 23.0 Å². The fourth-order valence-electron chi connectivity index (χ4n) is 7.93. The summed E-state index contributed by atoms with van der Waals surface area (Å²) in [4.78, 5) is 27.9. The zero-order valence-electron chi connectivity index (χ0n) is 25.7. The zero-order chi connectivity index (χ0) is 31.7. The van der Waals surface area contributed by atoms with Gasteiger partial charge in [0.05, 0.1) is 39.8 Å². The number of aromatic nitrogens is 4. The highest BCUT2D eigenvalue weighted by Gasteiger charge is 2.49. The Morgan fingerprint density at radius 3 is 2.81 bits per heavy atom. The van der Waals surface area contributed by atoms with E-state index in [0.717, 1.165) is 90.3 Å². The van der Waals surface area contributed by atoms with Crippen LogP contribution in [0.15, 0.2) is 56.9 Å². The largest absolute Gasteiger partial charge is 0.381 e. The van der Waals surface area contributed by atoms with E-state index >= 15 is 0 Å². The predicted molar refractivity (Wildman–Crippen MR) is 178 cm³/mol. The molecule has 8 heterocycles. The third-order valence-corrected chi connectivity index (χ3v) is 13.4. The first-order chi connectivity index (χ1) is 23.0. The van der Waals surface area contributed by atoms with Crippen LogP contribution < -0.4 is 10.9 Å². The number of nitrogens with one attached hydrogen (secondary N) is 2. The maximum absolute atomic E-state index is 14.3. The van der Waals surface area contributed by atoms with Crippen LogP contribution in [0.3, 0.4) is 0 Å². The van der Waals surface area contributed by atoms with Gasteiger partial charge in [-0.3, -0.25) is 14.8 Å². The number of anilines is 1. The predicted octanol–water partition coefficient (Wildman–Crippen LogP) is 6.00. The minimum absolute atomic E-state index is 0.0848. The van der Waals surface area contributed by atoms with E-state index < -0.39 is 10.0 Å². The van der Waals surface area contributed by atoms with Crippen LogP contribution >= 0.6 is 11.3 Å². The number of hydrogen-bond donors (Lipinski definition) is 2. The summed E-state index contributed by atoms with van der Waals surface area (Å²) in [5, 5.41) is 7.06. The van der Waals surface area contributed by atoms with Crippen LogP contribution in [0.25, 0.3) is 31.9 Å². The lowest BCUT2D eigenvalue weighted by molar-refractivity contribution is 0.0639. The first-order valence-corrected chi connectivity index (χ1v) is 18.7. The second-order valence-corrected chi connectivity index (χ2v) is 15.8. The number of ether oxygens (including phenoxy) is 1. The number of aromatic amines is 1. The van der Waals surface area contributed by atoms with Gasteiger partial charge in [-0.1, -0.05) is 6.07 Å². The average molecular weight is 671 g/mol. The number of nitrogens with zero attached hydrogens (tertiary/aromatic N) is 4. The minimum atomic E-state index is -3.84. The number of sulfonamides is 1. The molecule has 5 aromatic heterocycles. The Morgan fingerprint density at radius 2 is 1.96 bits per heavy atom. The number of H-pyrrole nitrogens is 1. The molecule has 2 saturated heterocycles. The van der Waals surface area contributed by atoms with Crippen LogP contribution in [-0.4, -0.2) is 52.6 Å². The molecule has 4 aliphatic rings. The van der Waals surface area contributed by atoms with E-state index in [1.807, 2.05) is 24.4 Å². The van der Waals surface area contributed by atoms with Crippen LogP contribution in [-0.2, 0) is 27.6 Å². The smallest absolute Gasteiger partial charge is 0.280 e. The third-order valence-electron chi connectivity index (χ3n) is 10.2. The molecule has 3 aliphatic heterocycles. The van der Waals surface area contributed by atoms with Gasteiger partial charge in [-0.25, -0.2) is 13.4 Å². The molecule has 9 rings (SSSR count). The van der Waals surface area contributed by atoms with Crippen molar-refractivity contribution in [2.24, 2.45) is 5.92 Å². The third kappa shape index (κ3) is 4.85. The van der Waals surface area contributed by atoms with Gasteiger partial charge < -0.3 is 14.6 Å². The Labute approximate surface area is 275 Å². The van der Waals surface area contributed by atoms with Crippen LogP contribution in [0.2, 0.25) is 0 Å². The summed E-state index contributed by atoms with van der Waals surface area (Å²) in [5.41, 5.74) is 4.42. The van der Waals surface area contributed by atoms with E-state index in [9.17, 15) is 13.2 Å². The maximum atomic E-state index is 14.3.